The zero-order chi connectivity index (χ0) is 19.6. The zero-order valence-corrected chi connectivity index (χ0v) is 16.7. The van der Waals surface area contributed by atoms with E-state index in [2.05, 4.69) is 16.0 Å². The number of amides is 3. The third-order valence-corrected chi connectivity index (χ3v) is 5.56. The Morgan fingerprint density at radius 2 is 1.71 bits per heavy atom. The zero-order valence-electron chi connectivity index (χ0n) is 16.7. The highest BCUT2D eigenvalue weighted by Gasteiger charge is 2.17. The molecule has 0 spiro atoms. The number of benzene rings is 1. The van der Waals surface area contributed by atoms with Crippen LogP contribution in [0.3, 0.4) is 0 Å². The lowest BCUT2D eigenvalue weighted by Crippen LogP contribution is -2.39. The monoisotopic (exact) mass is 387 g/mol. The minimum Gasteiger partial charge on any atom is -0.490 e. The van der Waals surface area contributed by atoms with Crippen molar-refractivity contribution in [2.45, 2.75) is 82.9 Å². The van der Waals surface area contributed by atoms with E-state index in [9.17, 15) is 9.59 Å². The highest BCUT2D eigenvalue weighted by Crippen LogP contribution is 2.24. The molecule has 2 fully saturated rings. The summed E-state index contributed by atoms with van der Waals surface area (Å²) < 4.78 is 6.08. The Bertz CT molecular complexity index is 638. The fourth-order valence-electron chi connectivity index (χ4n) is 4.01. The average Bonchev–Trinajstić information content (AvgIpc) is 3.20. The molecule has 2 saturated carbocycles. The molecule has 0 bridgehead atoms. The molecule has 0 saturated heterocycles. The summed E-state index contributed by atoms with van der Waals surface area (Å²) >= 11 is 0. The molecule has 28 heavy (non-hydrogen) atoms. The molecule has 154 valence electrons. The lowest BCUT2D eigenvalue weighted by molar-refractivity contribution is -0.121. The fourth-order valence-corrected chi connectivity index (χ4v) is 4.01. The van der Waals surface area contributed by atoms with E-state index in [1.165, 1.54) is 32.1 Å². The van der Waals surface area contributed by atoms with Crippen molar-refractivity contribution in [1.29, 1.82) is 0 Å². The van der Waals surface area contributed by atoms with Crippen LogP contribution in [0.2, 0.25) is 0 Å². The second-order valence-electron chi connectivity index (χ2n) is 7.93. The van der Waals surface area contributed by atoms with Gasteiger partial charge in [-0.05, 0) is 56.2 Å². The molecule has 6 nitrogen and oxygen atoms in total. The number of hydrogen-bond donors (Lipinski definition) is 3. The maximum atomic E-state index is 12.0. The van der Waals surface area contributed by atoms with Crippen molar-refractivity contribution in [2.24, 2.45) is 0 Å². The second-order valence-corrected chi connectivity index (χ2v) is 7.93. The van der Waals surface area contributed by atoms with Crippen molar-refractivity contribution in [3.8, 4) is 5.75 Å². The first-order chi connectivity index (χ1) is 13.7. The summed E-state index contributed by atoms with van der Waals surface area (Å²) in [7, 11) is 0. The molecule has 0 aromatic heterocycles. The summed E-state index contributed by atoms with van der Waals surface area (Å²) in [6.07, 6.45) is 11.2. The molecule has 0 radical (unpaired) electrons. The van der Waals surface area contributed by atoms with Crippen LogP contribution in [0.25, 0.3) is 0 Å². The van der Waals surface area contributed by atoms with Crippen molar-refractivity contribution in [1.82, 2.24) is 16.0 Å². The highest BCUT2D eigenvalue weighted by atomic mass is 16.5. The third-order valence-electron chi connectivity index (χ3n) is 5.56. The number of urea groups is 1. The molecule has 6 heteroatoms. The van der Waals surface area contributed by atoms with Gasteiger partial charge in [-0.3, -0.25) is 4.79 Å². The molecule has 3 amide bonds. The van der Waals surface area contributed by atoms with Crippen LogP contribution in [-0.4, -0.2) is 30.6 Å². The Kier molecular flexibility index (Phi) is 8.00. The fraction of sp³-hybridized carbons (Fsp3) is 0.636. The third kappa shape index (κ3) is 7.06. The quantitative estimate of drug-likeness (QED) is 0.637. The number of nitrogens with one attached hydrogen (secondary N) is 3. The maximum Gasteiger partial charge on any atom is 0.315 e. The predicted molar refractivity (Wildman–Crippen MR) is 109 cm³/mol. The summed E-state index contributed by atoms with van der Waals surface area (Å²) in [5, 5.41) is 8.61. The van der Waals surface area contributed by atoms with Crippen molar-refractivity contribution >= 4 is 11.9 Å². The Labute approximate surface area is 167 Å². The Morgan fingerprint density at radius 3 is 2.50 bits per heavy atom. The summed E-state index contributed by atoms with van der Waals surface area (Å²) in [6, 6.07) is 7.96. The van der Waals surface area contributed by atoms with Gasteiger partial charge in [0.05, 0.1) is 6.10 Å². The van der Waals surface area contributed by atoms with Gasteiger partial charge in [-0.2, -0.15) is 0 Å². The molecule has 0 aliphatic heterocycles. The predicted octanol–water partition coefficient (Wildman–Crippen LogP) is 3.65. The van der Waals surface area contributed by atoms with Crippen LogP contribution < -0.4 is 20.7 Å². The van der Waals surface area contributed by atoms with E-state index in [1.54, 1.807) is 0 Å². The van der Waals surface area contributed by atoms with Gasteiger partial charge < -0.3 is 20.7 Å². The first kappa shape index (κ1) is 20.5. The summed E-state index contributed by atoms with van der Waals surface area (Å²) in [5.41, 5.74) is 1.00. The number of rotatable bonds is 8. The Hall–Kier alpha value is -2.24. The molecular weight excluding hydrogens is 354 g/mol. The number of carbonyl (C=O) groups is 2. The Morgan fingerprint density at radius 1 is 0.964 bits per heavy atom. The van der Waals surface area contributed by atoms with E-state index in [-0.39, 0.29) is 11.9 Å². The van der Waals surface area contributed by atoms with Crippen LogP contribution in [0.4, 0.5) is 4.79 Å². The topological polar surface area (TPSA) is 79.5 Å². The van der Waals surface area contributed by atoms with Gasteiger partial charge in [-0.15, -0.1) is 0 Å². The van der Waals surface area contributed by atoms with Gasteiger partial charge in [0.15, 0.2) is 0 Å². The SMILES string of the molecule is O=C(CCNC(=O)NCc1cccc(OC2CCCCC2)c1)NC1CCCC1. The van der Waals surface area contributed by atoms with Gasteiger partial charge in [0.2, 0.25) is 5.91 Å². The number of carbonyl (C=O) groups excluding carboxylic acids is 2. The van der Waals surface area contributed by atoms with Crippen LogP contribution in [0.15, 0.2) is 24.3 Å². The minimum absolute atomic E-state index is 0.0137. The normalized spacial score (nSPS) is 17.9. The van der Waals surface area contributed by atoms with E-state index >= 15 is 0 Å². The van der Waals surface area contributed by atoms with Crippen molar-refractivity contribution in [3.63, 3.8) is 0 Å². The molecule has 1 aromatic carbocycles. The number of hydrogen-bond acceptors (Lipinski definition) is 3. The molecule has 2 aliphatic carbocycles. The summed E-state index contributed by atoms with van der Waals surface area (Å²) in [5.74, 6) is 0.884. The Balaban J connectivity index is 1.32. The lowest BCUT2D eigenvalue weighted by Gasteiger charge is -2.23. The average molecular weight is 388 g/mol. The lowest BCUT2D eigenvalue weighted by atomic mass is 9.98. The molecule has 1 aromatic rings. The van der Waals surface area contributed by atoms with E-state index in [0.717, 1.165) is 37.0 Å². The van der Waals surface area contributed by atoms with E-state index in [0.29, 0.717) is 31.7 Å². The van der Waals surface area contributed by atoms with Crippen LogP contribution in [0, 0.1) is 0 Å². The largest absolute Gasteiger partial charge is 0.490 e. The van der Waals surface area contributed by atoms with Gasteiger partial charge in [-0.1, -0.05) is 31.4 Å². The van der Waals surface area contributed by atoms with E-state index in [1.807, 2.05) is 24.3 Å². The van der Waals surface area contributed by atoms with Crippen LogP contribution in [-0.2, 0) is 11.3 Å². The maximum absolute atomic E-state index is 12.0. The van der Waals surface area contributed by atoms with Crippen molar-refractivity contribution in [3.05, 3.63) is 29.8 Å². The smallest absolute Gasteiger partial charge is 0.315 e. The van der Waals surface area contributed by atoms with Crippen molar-refractivity contribution < 1.29 is 14.3 Å². The summed E-state index contributed by atoms with van der Waals surface area (Å²) in [4.78, 5) is 23.8. The van der Waals surface area contributed by atoms with Crippen LogP contribution >= 0.6 is 0 Å². The molecule has 0 unspecified atom stereocenters. The standard InChI is InChI=1S/C22H33N3O3/c26-21(25-18-8-4-5-9-18)13-14-23-22(27)24-16-17-7-6-12-20(15-17)28-19-10-2-1-3-11-19/h6-7,12,15,18-19H,1-5,8-11,13-14,16H2,(H,25,26)(H2,23,24,27). The number of ether oxygens (including phenoxy) is 1. The highest BCUT2D eigenvalue weighted by molar-refractivity contribution is 5.78. The van der Waals surface area contributed by atoms with Crippen LogP contribution in [0.1, 0.15) is 69.8 Å². The molecule has 0 heterocycles. The summed E-state index contributed by atoms with van der Waals surface area (Å²) in [6.45, 7) is 0.775. The molecule has 2 aliphatic rings. The molecule has 3 rings (SSSR count). The van der Waals surface area contributed by atoms with E-state index in [4.69, 9.17) is 4.74 Å². The first-order valence-electron chi connectivity index (χ1n) is 10.8. The van der Waals surface area contributed by atoms with Crippen LogP contribution in [0.5, 0.6) is 5.75 Å². The van der Waals surface area contributed by atoms with Gasteiger partial charge in [0, 0.05) is 25.6 Å². The van der Waals surface area contributed by atoms with Gasteiger partial charge in [0.25, 0.3) is 0 Å². The molecule has 0 atom stereocenters. The van der Waals surface area contributed by atoms with Crippen molar-refractivity contribution in [2.75, 3.05) is 6.54 Å². The molecule has 3 N–H and O–H groups in total. The molecular formula is C22H33N3O3. The first-order valence-corrected chi connectivity index (χ1v) is 10.8. The van der Waals surface area contributed by atoms with Gasteiger partial charge in [0.1, 0.15) is 5.75 Å². The van der Waals surface area contributed by atoms with E-state index < -0.39 is 0 Å². The van der Waals surface area contributed by atoms with Gasteiger partial charge in [-0.25, -0.2) is 4.79 Å². The van der Waals surface area contributed by atoms with Gasteiger partial charge >= 0.3 is 6.03 Å². The second kappa shape index (κ2) is 10.9. The minimum atomic E-state index is -0.257.